The van der Waals surface area contributed by atoms with Crippen molar-refractivity contribution in [3.05, 3.63) is 70.1 Å². The molecule has 6 heteroatoms. The van der Waals surface area contributed by atoms with Crippen molar-refractivity contribution < 1.29 is 13.6 Å². The van der Waals surface area contributed by atoms with E-state index in [0.717, 1.165) is 40.7 Å². The van der Waals surface area contributed by atoms with E-state index in [4.69, 9.17) is 0 Å². The summed E-state index contributed by atoms with van der Waals surface area (Å²) in [5.41, 5.74) is 2.99. The van der Waals surface area contributed by atoms with Crippen molar-refractivity contribution in [2.75, 3.05) is 5.32 Å². The molecule has 0 fully saturated rings. The van der Waals surface area contributed by atoms with Gasteiger partial charge in [0.05, 0.1) is 5.69 Å². The Morgan fingerprint density at radius 2 is 1.88 bits per heavy atom. The number of nitrogens with zero attached hydrogens (tertiary/aromatic N) is 1. The number of hydrogen-bond donors (Lipinski definition) is 1. The van der Waals surface area contributed by atoms with Gasteiger partial charge >= 0.3 is 0 Å². The quantitative estimate of drug-likeness (QED) is 0.730. The lowest BCUT2D eigenvalue weighted by atomic mass is 10.1. The molecule has 0 aliphatic heterocycles. The van der Waals surface area contributed by atoms with Crippen LogP contribution in [0.1, 0.15) is 21.5 Å². The summed E-state index contributed by atoms with van der Waals surface area (Å²) in [5, 5.41) is 4.59. The second-order valence-corrected chi connectivity index (χ2v) is 6.27. The summed E-state index contributed by atoms with van der Waals surface area (Å²) < 4.78 is 27.1. The Hall–Kier alpha value is -2.60. The molecule has 3 nitrogen and oxygen atoms in total. The lowest BCUT2D eigenvalue weighted by molar-refractivity contribution is 0.102. The van der Waals surface area contributed by atoms with E-state index in [0.29, 0.717) is 10.7 Å². The van der Waals surface area contributed by atoms with Crippen molar-refractivity contribution in [2.45, 2.75) is 13.8 Å². The molecule has 3 rings (SSSR count). The van der Waals surface area contributed by atoms with Gasteiger partial charge in [-0.2, -0.15) is 0 Å². The maximum Gasteiger partial charge on any atom is 0.257 e. The van der Waals surface area contributed by atoms with Gasteiger partial charge in [-0.05, 0) is 55.3 Å². The Bertz CT molecular complexity index is 921. The molecule has 0 saturated heterocycles. The first-order valence-corrected chi connectivity index (χ1v) is 8.11. The van der Waals surface area contributed by atoms with Crippen molar-refractivity contribution in [3.8, 4) is 11.3 Å². The summed E-state index contributed by atoms with van der Waals surface area (Å²) in [7, 11) is 0. The predicted molar refractivity (Wildman–Crippen MR) is 91.3 cm³/mol. The Morgan fingerprint density at radius 3 is 2.62 bits per heavy atom. The number of halogens is 2. The standard InChI is InChI=1S/C18H14F2N2OS/c1-10-3-4-12(7-11(10)2)17(23)22-18-21-16(9-24-18)14-8-13(19)5-6-15(14)20/h3-9H,1-2H3,(H,21,22,23). The number of hydrogen-bond acceptors (Lipinski definition) is 3. The molecule has 122 valence electrons. The number of nitrogens with one attached hydrogen (secondary N) is 1. The van der Waals surface area contributed by atoms with E-state index in [2.05, 4.69) is 10.3 Å². The number of aryl methyl sites for hydroxylation is 2. The average molecular weight is 344 g/mol. The van der Waals surface area contributed by atoms with Crippen LogP contribution in [0.3, 0.4) is 0 Å². The molecule has 24 heavy (non-hydrogen) atoms. The molecular weight excluding hydrogens is 330 g/mol. The summed E-state index contributed by atoms with van der Waals surface area (Å²) in [6.45, 7) is 3.90. The number of aromatic nitrogens is 1. The van der Waals surface area contributed by atoms with Gasteiger partial charge in [-0.1, -0.05) is 6.07 Å². The highest BCUT2D eigenvalue weighted by Gasteiger charge is 2.13. The first kappa shape index (κ1) is 16.3. The summed E-state index contributed by atoms with van der Waals surface area (Å²) in [6, 6.07) is 8.59. The molecule has 0 aliphatic rings. The number of carbonyl (C=O) groups excluding carboxylic acids is 1. The lowest BCUT2D eigenvalue weighted by Gasteiger charge is -2.05. The fraction of sp³-hybridized carbons (Fsp3) is 0.111. The minimum Gasteiger partial charge on any atom is -0.298 e. The van der Waals surface area contributed by atoms with Gasteiger partial charge in [0.2, 0.25) is 0 Å². The van der Waals surface area contributed by atoms with Gasteiger partial charge in [-0.15, -0.1) is 11.3 Å². The molecule has 0 unspecified atom stereocenters. The summed E-state index contributed by atoms with van der Waals surface area (Å²) in [5.74, 6) is -1.40. The second kappa shape index (κ2) is 6.49. The molecule has 0 bridgehead atoms. The third-order valence-corrected chi connectivity index (χ3v) is 4.46. The fourth-order valence-electron chi connectivity index (χ4n) is 2.20. The Labute approximate surface area is 142 Å². The van der Waals surface area contributed by atoms with Crippen LogP contribution in [0, 0.1) is 25.5 Å². The highest BCUT2D eigenvalue weighted by atomic mass is 32.1. The van der Waals surface area contributed by atoms with Crippen molar-refractivity contribution in [1.82, 2.24) is 4.98 Å². The third-order valence-electron chi connectivity index (χ3n) is 3.70. The lowest BCUT2D eigenvalue weighted by Crippen LogP contribution is -2.12. The molecule has 3 aromatic rings. The average Bonchev–Trinajstić information content (AvgIpc) is 3.00. The number of thiazole rings is 1. The zero-order chi connectivity index (χ0) is 17.3. The zero-order valence-corrected chi connectivity index (χ0v) is 13.9. The third kappa shape index (κ3) is 3.33. The number of carbonyl (C=O) groups is 1. The van der Waals surface area contributed by atoms with Gasteiger partial charge in [-0.3, -0.25) is 10.1 Å². The number of amides is 1. The van der Waals surface area contributed by atoms with Crippen molar-refractivity contribution >= 4 is 22.4 Å². The largest absolute Gasteiger partial charge is 0.298 e. The topological polar surface area (TPSA) is 42.0 Å². The van der Waals surface area contributed by atoms with E-state index in [1.165, 1.54) is 0 Å². The molecule has 1 heterocycles. The first-order valence-electron chi connectivity index (χ1n) is 7.23. The molecule has 2 aromatic carbocycles. The van der Waals surface area contributed by atoms with Crippen LogP contribution in [0.25, 0.3) is 11.3 Å². The van der Waals surface area contributed by atoms with E-state index in [1.54, 1.807) is 17.5 Å². The molecular formula is C18H14F2N2OS. The van der Waals surface area contributed by atoms with Gasteiger partial charge < -0.3 is 0 Å². The van der Waals surface area contributed by atoms with E-state index >= 15 is 0 Å². The number of anilines is 1. The molecule has 0 radical (unpaired) electrons. The minimum atomic E-state index is -0.561. The van der Waals surface area contributed by atoms with E-state index in [1.807, 2.05) is 19.9 Å². The first-order chi connectivity index (χ1) is 11.4. The Balaban J connectivity index is 1.82. The Kier molecular flexibility index (Phi) is 4.40. The van der Waals surface area contributed by atoms with Crippen LogP contribution >= 0.6 is 11.3 Å². The molecule has 0 atom stereocenters. The molecule has 1 N–H and O–H groups in total. The molecule has 0 spiro atoms. The van der Waals surface area contributed by atoms with Crippen LogP contribution in [-0.4, -0.2) is 10.9 Å². The summed E-state index contributed by atoms with van der Waals surface area (Å²) in [4.78, 5) is 16.4. The van der Waals surface area contributed by atoms with E-state index in [-0.39, 0.29) is 17.2 Å². The smallest absolute Gasteiger partial charge is 0.257 e. The minimum absolute atomic E-state index is 0.0675. The van der Waals surface area contributed by atoms with Crippen LogP contribution in [0.5, 0.6) is 0 Å². The van der Waals surface area contributed by atoms with Crippen LogP contribution in [-0.2, 0) is 0 Å². The monoisotopic (exact) mass is 344 g/mol. The van der Waals surface area contributed by atoms with E-state index < -0.39 is 11.6 Å². The van der Waals surface area contributed by atoms with Gasteiger partial charge in [0.1, 0.15) is 11.6 Å². The van der Waals surface area contributed by atoms with Crippen LogP contribution in [0.2, 0.25) is 0 Å². The van der Waals surface area contributed by atoms with Crippen LogP contribution < -0.4 is 5.32 Å². The number of rotatable bonds is 3. The summed E-state index contributed by atoms with van der Waals surface area (Å²) in [6.07, 6.45) is 0. The molecule has 0 saturated carbocycles. The zero-order valence-electron chi connectivity index (χ0n) is 13.1. The fourth-order valence-corrected chi connectivity index (χ4v) is 2.91. The van der Waals surface area contributed by atoms with Gasteiger partial charge in [-0.25, -0.2) is 13.8 Å². The maximum atomic E-state index is 13.8. The SMILES string of the molecule is Cc1ccc(C(=O)Nc2nc(-c3cc(F)ccc3F)cs2)cc1C. The summed E-state index contributed by atoms with van der Waals surface area (Å²) >= 11 is 1.16. The van der Waals surface area contributed by atoms with Crippen molar-refractivity contribution in [3.63, 3.8) is 0 Å². The maximum absolute atomic E-state index is 13.8. The van der Waals surface area contributed by atoms with Crippen LogP contribution in [0.4, 0.5) is 13.9 Å². The highest BCUT2D eigenvalue weighted by molar-refractivity contribution is 7.14. The predicted octanol–water partition coefficient (Wildman–Crippen LogP) is 4.96. The molecule has 0 aliphatic carbocycles. The van der Waals surface area contributed by atoms with Gasteiger partial charge in [0, 0.05) is 16.5 Å². The van der Waals surface area contributed by atoms with Crippen LogP contribution in [0.15, 0.2) is 41.8 Å². The normalized spacial score (nSPS) is 10.7. The second-order valence-electron chi connectivity index (χ2n) is 5.42. The van der Waals surface area contributed by atoms with Crippen molar-refractivity contribution in [1.29, 1.82) is 0 Å². The van der Waals surface area contributed by atoms with Gasteiger partial charge in [0.15, 0.2) is 5.13 Å². The van der Waals surface area contributed by atoms with Gasteiger partial charge in [0.25, 0.3) is 5.91 Å². The Morgan fingerprint density at radius 1 is 1.08 bits per heavy atom. The highest BCUT2D eigenvalue weighted by Crippen LogP contribution is 2.28. The molecule has 1 amide bonds. The number of benzene rings is 2. The van der Waals surface area contributed by atoms with E-state index in [9.17, 15) is 13.6 Å². The molecule has 1 aromatic heterocycles. The van der Waals surface area contributed by atoms with Crippen molar-refractivity contribution in [2.24, 2.45) is 0 Å².